The Morgan fingerprint density at radius 3 is 2.93 bits per heavy atom. The normalized spacial score (nSPS) is 10.4. The smallest absolute Gasteiger partial charge is 0.119 e. The average Bonchev–Trinajstić information content (AvgIpc) is 2.55. The topological polar surface area (TPSA) is 23.8 Å². The molecule has 14 heavy (non-hydrogen) atoms. The summed E-state index contributed by atoms with van der Waals surface area (Å²) in [5.41, 5.74) is 1.25. The molecule has 0 bridgehead atoms. The molecule has 70 valence electrons. The van der Waals surface area contributed by atoms with Crippen LogP contribution < -0.4 is 0 Å². The second-order valence-corrected chi connectivity index (χ2v) is 5.51. The van der Waals surface area contributed by atoms with Crippen molar-refractivity contribution in [2.45, 2.75) is 5.33 Å². The van der Waals surface area contributed by atoms with E-state index < -0.39 is 0 Å². The van der Waals surface area contributed by atoms with E-state index in [4.69, 9.17) is 5.26 Å². The minimum Gasteiger partial charge on any atom is -0.191 e. The van der Waals surface area contributed by atoms with Gasteiger partial charge in [-0.15, -0.1) is 11.3 Å². The number of nitriles is 1. The number of halogens is 2. The summed E-state index contributed by atoms with van der Waals surface area (Å²) in [5.74, 6) is 0. The monoisotopic (exact) mass is 377 g/mol. The lowest BCUT2D eigenvalue weighted by molar-refractivity contribution is 1.47. The van der Waals surface area contributed by atoms with Gasteiger partial charge < -0.3 is 0 Å². The van der Waals surface area contributed by atoms with Gasteiger partial charge in [-0.3, -0.25) is 0 Å². The van der Waals surface area contributed by atoms with Gasteiger partial charge in [0.05, 0.1) is 0 Å². The van der Waals surface area contributed by atoms with Crippen LogP contribution >= 0.6 is 49.9 Å². The van der Waals surface area contributed by atoms with Crippen LogP contribution in [0.3, 0.4) is 0 Å². The van der Waals surface area contributed by atoms with Crippen molar-refractivity contribution >= 4 is 59.9 Å². The van der Waals surface area contributed by atoms with Gasteiger partial charge in [0, 0.05) is 19.0 Å². The maximum atomic E-state index is 8.89. The van der Waals surface area contributed by atoms with E-state index >= 15 is 0 Å². The molecular formula is C10H5BrINS. The second-order valence-electron chi connectivity index (χ2n) is 2.82. The van der Waals surface area contributed by atoms with E-state index in [0.29, 0.717) is 0 Å². The zero-order valence-electron chi connectivity index (χ0n) is 7.05. The fraction of sp³-hybridized carbons (Fsp3) is 0.100. The first kappa shape index (κ1) is 10.4. The van der Waals surface area contributed by atoms with E-state index in [9.17, 15) is 0 Å². The maximum absolute atomic E-state index is 8.89. The van der Waals surface area contributed by atoms with Crippen LogP contribution in [-0.2, 0) is 5.33 Å². The maximum Gasteiger partial charge on any atom is 0.119 e. The van der Waals surface area contributed by atoms with Gasteiger partial charge in [-0.1, -0.05) is 22.0 Å². The van der Waals surface area contributed by atoms with E-state index in [1.807, 2.05) is 0 Å². The molecule has 0 spiro atoms. The van der Waals surface area contributed by atoms with Crippen LogP contribution in [0.25, 0.3) is 10.1 Å². The number of nitrogens with zero attached hydrogens (tertiary/aromatic N) is 1. The first-order chi connectivity index (χ1) is 6.76. The Morgan fingerprint density at radius 1 is 1.50 bits per heavy atom. The highest BCUT2D eigenvalue weighted by molar-refractivity contribution is 14.1. The fourth-order valence-electron chi connectivity index (χ4n) is 1.27. The van der Waals surface area contributed by atoms with Crippen molar-refractivity contribution in [1.29, 1.82) is 5.26 Å². The first-order valence-corrected chi connectivity index (χ1v) is 6.95. The van der Waals surface area contributed by atoms with Crippen LogP contribution in [0.1, 0.15) is 10.4 Å². The van der Waals surface area contributed by atoms with E-state index in [1.165, 1.54) is 15.6 Å². The van der Waals surface area contributed by atoms with Crippen LogP contribution in [-0.4, -0.2) is 0 Å². The molecule has 0 N–H and O–H groups in total. The first-order valence-electron chi connectivity index (χ1n) is 3.93. The SMILES string of the molecule is N#Cc1sc2ccc(CBr)cc2c1I. The lowest BCUT2D eigenvalue weighted by Crippen LogP contribution is -1.76. The van der Waals surface area contributed by atoms with Gasteiger partial charge in [-0.2, -0.15) is 5.26 Å². The van der Waals surface area contributed by atoms with Crippen molar-refractivity contribution in [3.8, 4) is 6.07 Å². The van der Waals surface area contributed by atoms with Gasteiger partial charge in [0.15, 0.2) is 0 Å². The summed E-state index contributed by atoms with van der Waals surface area (Å²) in [6.45, 7) is 0. The molecule has 0 radical (unpaired) electrons. The number of benzene rings is 1. The van der Waals surface area contributed by atoms with Crippen molar-refractivity contribution < 1.29 is 0 Å². The highest BCUT2D eigenvalue weighted by atomic mass is 127. The highest BCUT2D eigenvalue weighted by Gasteiger charge is 2.09. The minimum absolute atomic E-state index is 0.812. The summed E-state index contributed by atoms with van der Waals surface area (Å²) in [5, 5.41) is 10.9. The van der Waals surface area contributed by atoms with Gasteiger partial charge >= 0.3 is 0 Å². The molecule has 0 aliphatic rings. The molecule has 4 heteroatoms. The molecule has 1 heterocycles. The molecule has 0 saturated heterocycles. The number of hydrogen-bond acceptors (Lipinski definition) is 2. The molecule has 0 unspecified atom stereocenters. The average molecular weight is 378 g/mol. The van der Waals surface area contributed by atoms with Crippen molar-refractivity contribution in [3.63, 3.8) is 0 Å². The van der Waals surface area contributed by atoms with Crippen LogP contribution in [0.5, 0.6) is 0 Å². The molecule has 2 rings (SSSR count). The Morgan fingerprint density at radius 2 is 2.29 bits per heavy atom. The Bertz CT molecular complexity index is 527. The zero-order chi connectivity index (χ0) is 10.1. The molecule has 1 aromatic heterocycles. The lowest BCUT2D eigenvalue weighted by Gasteiger charge is -1.95. The van der Waals surface area contributed by atoms with Crippen molar-refractivity contribution in [3.05, 3.63) is 32.2 Å². The van der Waals surface area contributed by atoms with Crippen molar-refractivity contribution in [1.82, 2.24) is 0 Å². The molecular weight excluding hydrogens is 373 g/mol. The van der Waals surface area contributed by atoms with E-state index in [1.54, 1.807) is 11.3 Å². The molecule has 0 aliphatic heterocycles. The third-order valence-electron chi connectivity index (χ3n) is 1.95. The molecule has 0 amide bonds. The summed E-state index contributed by atoms with van der Waals surface area (Å²) >= 11 is 7.23. The molecule has 1 aromatic carbocycles. The van der Waals surface area contributed by atoms with Crippen LogP contribution in [0, 0.1) is 14.9 Å². The van der Waals surface area contributed by atoms with Crippen LogP contribution in [0.2, 0.25) is 0 Å². The molecule has 0 fully saturated rings. The number of thiophene rings is 1. The molecule has 2 aromatic rings. The Kier molecular flexibility index (Phi) is 3.10. The van der Waals surface area contributed by atoms with E-state index in [0.717, 1.165) is 13.8 Å². The second kappa shape index (κ2) is 4.17. The van der Waals surface area contributed by atoms with Gasteiger partial charge in [-0.05, 0) is 40.3 Å². The summed E-state index contributed by atoms with van der Waals surface area (Å²) in [6, 6.07) is 8.53. The summed E-state index contributed by atoms with van der Waals surface area (Å²) in [6.07, 6.45) is 0. The van der Waals surface area contributed by atoms with Gasteiger partial charge in [0.25, 0.3) is 0 Å². The fourth-order valence-corrected chi connectivity index (χ4v) is 3.57. The van der Waals surface area contributed by atoms with Crippen LogP contribution in [0.4, 0.5) is 0 Å². The standard InChI is InChI=1S/C10H5BrINS/c11-4-6-1-2-8-7(3-6)10(12)9(5-13)14-8/h1-3H,4H2. The Hall–Kier alpha value is -0.120. The van der Waals surface area contributed by atoms with Gasteiger partial charge in [0.2, 0.25) is 0 Å². The van der Waals surface area contributed by atoms with Crippen LogP contribution in [0.15, 0.2) is 18.2 Å². The van der Waals surface area contributed by atoms with E-state index in [2.05, 4.69) is 62.8 Å². The van der Waals surface area contributed by atoms with Crippen molar-refractivity contribution in [2.75, 3.05) is 0 Å². The number of alkyl halides is 1. The summed E-state index contributed by atoms with van der Waals surface area (Å²) in [7, 11) is 0. The highest BCUT2D eigenvalue weighted by Crippen LogP contribution is 2.32. The van der Waals surface area contributed by atoms with Crippen molar-refractivity contribution in [2.24, 2.45) is 0 Å². The summed E-state index contributed by atoms with van der Waals surface area (Å²) < 4.78 is 2.27. The zero-order valence-corrected chi connectivity index (χ0v) is 11.6. The minimum atomic E-state index is 0.812. The van der Waals surface area contributed by atoms with Gasteiger partial charge in [0.1, 0.15) is 10.9 Å². The summed E-state index contributed by atoms with van der Waals surface area (Å²) in [4.78, 5) is 0.812. The molecule has 1 nitrogen and oxygen atoms in total. The Balaban J connectivity index is 2.76. The molecule has 0 saturated carbocycles. The predicted molar refractivity (Wildman–Crippen MR) is 71.9 cm³/mol. The predicted octanol–water partition coefficient (Wildman–Crippen LogP) is 4.27. The van der Waals surface area contributed by atoms with E-state index in [-0.39, 0.29) is 0 Å². The number of rotatable bonds is 1. The number of fused-ring (bicyclic) bond motifs is 1. The quantitative estimate of drug-likeness (QED) is 0.537. The van der Waals surface area contributed by atoms with Gasteiger partial charge in [-0.25, -0.2) is 0 Å². The lowest BCUT2D eigenvalue weighted by atomic mass is 10.2. The molecule has 0 aliphatic carbocycles. The number of hydrogen-bond donors (Lipinski definition) is 0. The largest absolute Gasteiger partial charge is 0.191 e. The third kappa shape index (κ3) is 1.69. The molecule has 0 atom stereocenters. The third-order valence-corrected chi connectivity index (χ3v) is 5.16. The Labute approximate surface area is 108 Å².